The predicted octanol–water partition coefficient (Wildman–Crippen LogP) is 4.87. The number of anilines is 1. The Morgan fingerprint density at radius 2 is 1.86 bits per heavy atom. The lowest BCUT2D eigenvalue weighted by Crippen LogP contribution is -2.48. The van der Waals surface area contributed by atoms with Crippen LogP contribution >= 0.6 is 27.5 Å². The maximum absolute atomic E-state index is 12.7. The monoisotopic (exact) mass is 478 g/mol. The molecule has 3 aromatic rings. The standard InChI is InChI=1S/C20H16BrClN2O5/c21-18-14-11-17(29-20(26)27)28-16(14)5-4-15(18)23-6-8-24(9-7-23)19(25)12-2-1-3-13(22)10-12/h1-5,10-11H,6-9H2,(H,26,27). The van der Waals surface area contributed by atoms with Gasteiger partial charge < -0.3 is 24.1 Å². The average Bonchev–Trinajstić information content (AvgIpc) is 3.11. The number of rotatable bonds is 3. The van der Waals surface area contributed by atoms with E-state index in [-0.39, 0.29) is 11.9 Å². The van der Waals surface area contributed by atoms with Crippen molar-refractivity contribution in [1.82, 2.24) is 4.90 Å². The molecule has 0 aliphatic carbocycles. The van der Waals surface area contributed by atoms with Crippen LogP contribution in [0, 0.1) is 0 Å². The number of furan rings is 1. The minimum Gasteiger partial charge on any atom is -0.449 e. The van der Waals surface area contributed by atoms with E-state index in [2.05, 4.69) is 25.6 Å². The average molecular weight is 480 g/mol. The van der Waals surface area contributed by atoms with Gasteiger partial charge in [0, 0.05) is 48.2 Å². The largest absolute Gasteiger partial charge is 0.513 e. The van der Waals surface area contributed by atoms with E-state index < -0.39 is 6.16 Å². The molecular weight excluding hydrogens is 464 g/mol. The van der Waals surface area contributed by atoms with Crippen molar-refractivity contribution < 1.29 is 23.8 Å². The molecule has 0 saturated carbocycles. The van der Waals surface area contributed by atoms with Crippen molar-refractivity contribution in [3.05, 3.63) is 57.5 Å². The minimum absolute atomic E-state index is 0.0352. The van der Waals surface area contributed by atoms with E-state index in [1.54, 1.807) is 30.3 Å². The molecule has 1 aliphatic rings. The van der Waals surface area contributed by atoms with Crippen molar-refractivity contribution in [2.45, 2.75) is 0 Å². The Kier molecular flexibility index (Phi) is 5.38. The van der Waals surface area contributed by atoms with Crippen LogP contribution < -0.4 is 9.64 Å². The second kappa shape index (κ2) is 7.96. The summed E-state index contributed by atoms with van der Waals surface area (Å²) in [7, 11) is 0. The van der Waals surface area contributed by atoms with Crippen molar-refractivity contribution >= 4 is 56.3 Å². The zero-order valence-corrected chi connectivity index (χ0v) is 17.4. The van der Waals surface area contributed by atoms with Crippen molar-refractivity contribution in [3.63, 3.8) is 0 Å². The Bertz CT molecular complexity index is 1090. The molecule has 7 nitrogen and oxygen atoms in total. The van der Waals surface area contributed by atoms with Crippen LogP contribution in [0.4, 0.5) is 10.5 Å². The molecule has 150 valence electrons. The number of carboxylic acid groups (broad SMARTS) is 1. The van der Waals surface area contributed by atoms with Crippen LogP contribution in [0.5, 0.6) is 5.95 Å². The van der Waals surface area contributed by atoms with Gasteiger partial charge in [-0.05, 0) is 46.3 Å². The molecule has 1 saturated heterocycles. The van der Waals surface area contributed by atoms with Crippen molar-refractivity contribution in [3.8, 4) is 5.95 Å². The van der Waals surface area contributed by atoms with E-state index in [9.17, 15) is 9.59 Å². The summed E-state index contributed by atoms with van der Waals surface area (Å²) in [4.78, 5) is 27.4. The van der Waals surface area contributed by atoms with Gasteiger partial charge in [-0.15, -0.1) is 0 Å². The van der Waals surface area contributed by atoms with Crippen LogP contribution in [0.3, 0.4) is 0 Å². The summed E-state index contributed by atoms with van der Waals surface area (Å²) in [6.07, 6.45) is -1.43. The lowest BCUT2D eigenvalue weighted by atomic mass is 10.1. The lowest BCUT2D eigenvalue weighted by molar-refractivity contribution is 0.0746. The van der Waals surface area contributed by atoms with Gasteiger partial charge in [-0.2, -0.15) is 0 Å². The third-order valence-electron chi connectivity index (χ3n) is 4.76. The molecule has 1 fully saturated rings. The van der Waals surface area contributed by atoms with E-state index in [0.29, 0.717) is 42.3 Å². The molecule has 9 heteroatoms. The van der Waals surface area contributed by atoms with E-state index in [1.165, 1.54) is 6.07 Å². The second-order valence-corrected chi connectivity index (χ2v) is 7.76. The molecule has 4 rings (SSSR count). The van der Waals surface area contributed by atoms with Gasteiger partial charge in [0.05, 0.1) is 10.2 Å². The molecule has 1 N–H and O–H groups in total. The van der Waals surface area contributed by atoms with Gasteiger partial charge in [-0.1, -0.05) is 17.7 Å². The summed E-state index contributed by atoms with van der Waals surface area (Å²) >= 11 is 9.58. The molecule has 0 bridgehead atoms. The first kappa shape index (κ1) is 19.6. The third-order valence-corrected chi connectivity index (χ3v) is 5.83. The molecule has 1 amide bonds. The summed E-state index contributed by atoms with van der Waals surface area (Å²) in [5.41, 5.74) is 2.04. The van der Waals surface area contributed by atoms with Gasteiger partial charge in [0.15, 0.2) is 0 Å². The zero-order chi connectivity index (χ0) is 20.5. The van der Waals surface area contributed by atoms with Gasteiger partial charge >= 0.3 is 6.16 Å². The number of halogens is 2. The highest BCUT2D eigenvalue weighted by molar-refractivity contribution is 9.10. The number of nitrogens with zero attached hydrogens (tertiary/aromatic N) is 2. The second-order valence-electron chi connectivity index (χ2n) is 6.53. The lowest BCUT2D eigenvalue weighted by Gasteiger charge is -2.36. The van der Waals surface area contributed by atoms with E-state index in [4.69, 9.17) is 21.1 Å². The number of hydrogen-bond donors (Lipinski definition) is 1. The van der Waals surface area contributed by atoms with Gasteiger partial charge in [-0.3, -0.25) is 4.79 Å². The van der Waals surface area contributed by atoms with Crippen molar-refractivity contribution in [2.75, 3.05) is 31.1 Å². The first-order valence-corrected chi connectivity index (χ1v) is 10.0. The molecule has 0 spiro atoms. The molecule has 2 heterocycles. The molecule has 1 aromatic heterocycles. The fourth-order valence-corrected chi connectivity index (χ4v) is 4.26. The normalized spacial score (nSPS) is 14.3. The number of amides is 1. The number of benzene rings is 2. The number of fused-ring (bicyclic) bond motifs is 1. The molecule has 29 heavy (non-hydrogen) atoms. The van der Waals surface area contributed by atoms with Gasteiger partial charge in [-0.25, -0.2) is 4.79 Å². The fraction of sp³-hybridized carbons (Fsp3) is 0.200. The Labute approximate surface area is 179 Å². The number of hydrogen-bond acceptors (Lipinski definition) is 5. The highest BCUT2D eigenvalue weighted by Gasteiger charge is 2.24. The summed E-state index contributed by atoms with van der Waals surface area (Å²) < 4.78 is 10.8. The van der Waals surface area contributed by atoms with Gasteiger partial charge in [0.1, 0.15) is 5.58 Å². The van der Waals surface area contributed by atoms with Gasteiger partial charge in [0.2, 0.25) is 0 Å². The van der Waals surface area contributed by atoms with Crippen LogP contribution in [0.1, 0.15) is 10.4 Å². The van der Waals surface area contributed by atoms with Crippen LogP contribution in [-0.2, 0) is 0 Å². The quantitative estimate of drug-likeness (QED) is 0.540. The number of piperazine rings is 1. The smallest absolute Gasteiger partial charge is 0.449 e. The number of ether oxygens (including phenoxy) is 1. The van der Waals surface area contributed by atoms with Crippen LogP contribution in [0.2, 0.25) is 5.02 Å². The zero-order valence-electron chi connectivity index (χ0n) is 15.1. The van der Waals surface area contributed by atoms with Crippen molar-refractivity contribution in [2.24, 2.45) is 0 Å². The summed E-state index contributed by atoms with van der Waals surface area (Å²) in [5.74, 6) is -0.116. The Hall–Kier alpha value is -2.71. The van der Waals surface area contributed by atoms with E-state index >= 15 is 0 Å². The summed E-state index contributed by atoms with van der Waals surface area (Å²) in [6.45, 7) is 2.47. The molecule has 1 aliphatic heterocycles. The van der Waals surface area contributed by atoms with E-state index in [0.717, 1.165) is 15.5 Å². The Morgan fingerprint density at radius 3 is 2.55 bits per heavy atom. The molecular formula is C20H16BrClN2O5. The number of carbonyl (C=O) groups is 2. The molecule has 0 atom stereocenters. The van der Waals surface area contributed by atoms with Crippen molar-refractivity contribution in [1.29, 1.82) is 0 Å². The minimum atomic E-state index is -1.43. The fourth-order valence-electron chi connectivity index (χ4n) is 3.38. The SMILES string of the molecule is O=C(O)Oc1cc2c(Br)c(N3CCN(C(=O)c4cccc(Cl)c4)CC3)ccc2o1. The Balaban J connectivity index is 1.49. The predicted molar refractivity (Wildman–Crippen MR) is 112 cm³/mol. The van der Waals surface area contributed by atoms with Crippen LogP contribution in [0.15, 0.2) is 51.4 Å². The first-order chi connectivity index (χ1) is 13.9. The van der Waals surface area contributed by atoms with Crippen LogP contribution in [0.25, 0.3) is 11.0 Å². The highest BCUT2D eigenvalue weighted by atomic mass is 79.9. The summed E-state index contributed by atoms with van der Waals surface area (Å²) in [5, 5.41) is 10.0. The van der Waals surface area contributed by atoms with Gasteiger partial charge in [0.25, 0.3) is 11.9 Å². The van der Waals surface area contributed by atoms with E-state index in [1.807, 2.05) is 11.0 Å². The molecule has 2 aromatic carbocycles. The maximum Gasteiger partial charge on any atom is 0.513 e. The Morgan fingerprint density at radius 1 is 1.10 bits per heavy atom. The highest BCUT2D eigenvalue weighted by Crippen LogP contribution is 2.38. The first-order valence-electron chi connectivity index (χ1n) is 8.85. The summed E-state index contributed by atoms with van der Waals surface area (Å²) in [6, 6.07) is 12.2. The molecule has 0 unspecified atom stereocenters. The topological polar surface area (TPSA) is 83.2 Å². The molecule has 0 radical (unpaired) electrons. The third kappa shape index (κ3) is 4.04. The van der Waals surface area contributed by atoms with Crippen LogP contribution in [-0.4, -0.2) is 48.2 Å². The maximum atomic E-state index is 12.7. The number of carbonyl (C=O) groups excluding carboxylic acids is 1.